The van der Waals surface area contributed by atoms with E-state index in [0.717, 1.165) is 24.9 Å². The molecule has 1 saturated heterocycles. The second-order valence-electron chi connectivity index (χ2n) is 3.98. The van der Waals surface area contributed by atoms with Crippen molar-refractivity contribution in [2.45, 2.75) is 19.0 Å². The lowest BCUT2D eigenvalue weighted by Gasteiger charge is -2.20. The third-order valence-corrected chi connectivity index (χ3v) is 2.85. The molecule has 0 bridgehead atoms. The van der Waals surface area contributed by atoms with E-state index in [9.17, 15) is 4.79 Å². The zero-order chi connectivity index (χ0) is 10.7. The fraction of sp³-hybridized carbons (Fsp3) is 0.417. The van der Waals surface area contributed by atoms with Gasteiger partial charge in [-0.05, 0) is 38.6 Å². The summed E-state index contributed by atoms with van der Waals surface area (Å²) in [6.07, 6.45) is 2.42. The topological polar surface area (TPSA) is 32.3 Å². The number of carbonyl (C=O) groups excluding carboxylic acids is 1. The Bertz CT molecular complexity index is 337. The second kappa shape index (κ2) is 4.45. The van der Waals surface area contributed by atoms with Crippen molar-refractivity contribution in [3.63, 3.8) is 0 Å². The molecular weight excluding hydrogens is 188 g/mol. The van der Waals surface area contributed by atoms with E-state index in [0.29, 0.717) is 0 Å². The quantitative estimate of drug-likeness (QED) is 0.791. The molecule has 0 aromatic heterocycles. The van der Waals surface area contributed by atoms with Crippen molar-refractivity contribution < 1.29 is 4.79 Å². The second-order valence-corrected chi connectivity index (χ2v) is 3.98. The molecule has 0 radical (unpaired) electrons. The average Bonchev–Trinajstić information content (AvgIpc) is 2.66. The first-order chi connectivity index (χ1) is 7.27. The molecule has 1 atom stereocenters. The SMILES string of the molecule is CN1CCCC1NC(=O)c1ccccc1. The minimum Gasteiger partial charge on any atom is -0.337 e. The number of carbonyl (C=O) groups is 1. The molecule has 3 heteroatoms. The van der Waals surface area contributed by atoms with E-state index in [1.807, 2.05) is 37.4 Å². The van der Waals surface area contributed by atoms with Crippen LogP contribution in [0.1, 0.15) is 23.2 Å². The zero-order valence-electron chi connectivity index (χ0n) is 8.94. The molecule has 1 aliphatic heterocycles. The smallest absolute Gasteiger partial charge is 0.252 e. The van der Waals surface area contributed by atoms with Gasteiger partial charge in [0, 0.05) is 5.56 Å². The molecule has 1 aliphatic rings. The van der Waals surface area contributed by atoms with E-state index in [1.54, 1.807) is 0 Å². The van der Waals surface area contributed by atoms with E-state index in [2.05, 4.69) is 10.2 Å². The van der Waals surface area contributed by atoms with E-state index in [1.165, 1.54) is 0 Å². The summed E-state index contributed by atoms with van der Waals surface area (Å²) in [6, 6.07) is 9.35. The van der Waals surface area contributed by atoms with Gasteiger partial charge in [0.05, 0.1) is 6.17 Å². The van der Waals surface area contributed by atoms with E-state index in [-0.39, 0.29) is 12.1 Å². The van der Waals surface area contributed by atoms with Crippen LogP contribution >= 0.6 is 0 Å². The molecule has 1 fully saturated rings. The Labute approximate surface area is 90.1 Å². The highest BCUT2D eigenvalue weighted by Crippen LogP contribution is 2.12. The minimum atomic E-state index is 0.0225. The number of amides is 1. The first-order valence-corrected chi connectivity index (χ1v) is 5.33. The van der Waals surface area contributed by atoms with Crippen molar-refractivity contribution in [1.82, 2.24) is 10.2 Å². The van der Waals surface area contributed by atoms with Crippen molar-refractivity contribution in [2.75, 3.05) is 13.6 Å². The van der Waals surface area contributed by atoms with E-state index >= 15 is 0 Å². The fourth-order valence-electron chi connectivity index (χ4n) is 1.92. The molecule has 1 unspecified atom stereocenters. The van der Waals surface area contributed by atoms with Crippen molar-refractivity contribution in [1.29, 1.82) is 0 Å². The van der Waals surface area contributed by atoms with Crippen molar-refractivity contribution in [3.05, 3.63) is 35.9 Å². The molecule has 1 heterocycles. The maximum absolute atomic E-state index is 11.8. The van der Waals surface area contributed by atoms with Crippen LogP contribution in [0, 0.1) is 0 Å². The Morgan fingerprint density at radius 2 is 2.13 bits per heavy atom. The summed E-state index contributed by atoms with van der Waals surface area (Å²) in [6.45, 7) is 1.07. The van der Waals surface area contributed by atoms with Gasteiger partial charge in [0.2, 0.25) is 0 Å². The van der Waals surface area contributed by atoms with Crippen LogP contribution in [0.4, 0.5) is 0 Å². The van der Waals surface area contributed by atoms with Gasteiger partial charge in [-0.1, -0.05) is 18.2 Å². The molecule has 15 heavy (non-hydrogen) atoms. The Morgan fingerprint density at radius 3 is 2.73 bits per heavy atom. The number of benzene rings is 1. The molecular formula is C12H16N2O. The predicted molar refractivity (Wildman–Crippen MR) is 59.6 cm³/mol. The lowest BCUT2D eigenvalue weighted by molar-refractivity contribution is 0.0900. The summed E-state index contributed by atoms with van der Waals surface area (Å²) in [5.74, 6) is 0.0225. The number of hydrogen-bond acceptors (Lipinski definition) is 2. The largest absolute Gasteiger partial charge is 0.337 e. The van der Waals surface area contributed by atoms with Crippen LogP contribution in [0.15, 0.2) is 30.3 Å². The molecule has 2 rings (SSSR count). The number of rotatable bonds is 2. The monoisotopic (exact) mass is 204 g/mol. The van der Waals surface area contributed by atoms with Gasteiger partial charge in [-0.3, -0.25) is 9.69 Å². The van der Waals surface area contributed by atoms with E-state index in [4.69, 9.17) is 0 Å². The summed E-state index contributed by atoms with van der Waals surface area (Å²) in [4.78, 5) is 14.0. The van der Waals surface area contributed by atoms with Gasteiger partial charge in [-0.25, -0.2) is 0 Å². The maximum Gasteiger partial charge on any atom is 0.252 e. The lowest BCUT2D eigenvalue weighted by atomic mass is 10.2. The lowest BCUT2D eigenvalue weighted by Crippen LogP contribution is -2.42. The molecule has 80 valence electrons. The summed E-state index contributed by atoms with van der Waals surface area (Å²) < 4.78 is 0. The average molecular weight is 204 g/mol. The summed E-state index contributed by atoms with van der Waals surface area (Å²) in [7, 11) is 2.04. The minimum absolute atomic E-state index is 0.0225. The first kappa shape index (κ1) is 10.2. The van der Waals surface area contributed by atoms with Gasteiger partial charge in [-0.2, -0.15) is 0 Å². The van der Waals surface area contributed by atoms with Crippen LogP contribution in [-0.2, 0) is 0 Å². The highest BCUT2D eigenvalue weighted by atomic mass is 16.1. The Kier molecular flexibility index (Phi) is 3.02. The van der Waals surface area contributed by atoms with Crippen LogP contribution in [0.5, 0.6) is 0 Å². The molecule has 1 N–H and O–H groups in total. The third kappa shape index (κ3) is 2.36. The van der Waals surface area contributed by atoms with Crippen LogP contribution in [0.3, 0.4) is 0 Å². The molecule has 0 spiro atoms. The Morgan fingerprint density at radius 1 is 1.40 bits per heavy atom. The van der Waals surface area contributed by atoms with Gasteiger partial charge in [0.25, 0.3) is 5.91 Å². The first-order valence-electron chi connectivity index (χ1n) is 5.33. The fourth-order valence-corrected chi connectivity index (χ4v) is 1.92. The molecule has 1 amide bonds. The van der Waals surface area contributed by atoms with Gasteiger partial charge < -0.3 is 5.32 Å². The van der Waals surface area contributed by atoms with Crippen molar-refractivity contribution in [2.24, 2.45) is 0 Å². The van der Waals surface area contributed by atoms with Gasteiger partial charge >= 0.3 is 0 Å². The summed E-state index contributed by atoms with van der Waals surface area (Å²) in [5, 5.41) is 3.03. The highest BCUT2D eigenvalue weighted by Gasteiger charge is 2.22. The molecule has 0 aliphatic carbocycles. The number of nitrogens with zero attached hydrogens (tertiary/aromatic N) is 1. The van der Waals surface area contributed by atoms with Gasteiger partial charge in [0.15, 0.2) is 0 Å². The predicted octanol–water partition coefficient (Wildman–Crippen LogP) is 1.47. The molecule has 1 aromatic rings. The zero-order valence-corrected chi connectivity index (χ0v) is 8.94. The van der Waals surface area contributed by atoms with Crippen molar-refractivity contribution in [3.8, 4) is 0 Å². The summed E-state index contributed by atoms with van der Waals surface area (Å²) in [5.41, 5.74) is 0.734. The van der Waals surface area contributed by atoms with E-state index < -0.39 is 0 Å². The highest BCUT2D eigenvalue weighted by molar-refractivity contribution is 5.94. The van der Waals surface area contributed by atoms with Crippen LogP contribution in [0.2, 0.25) is 0 Å². The normalized spacial score (nSPS) is 21.5. The summed E-state index contributed by atoms with van der Waals surface area (Å²) >= 11 is 0. The third-order valence-electron chi connectivity index (χ3n) is 2.85. The molecule has 3 nitrogen and oxygen atoms in total. The Hall–Kier alpha value is -1.35. The van der Waals surface area contributed by atoms with Gasteiger partial charge in [-0.15, -0.1) is 0 Å². The van der Waals surface area contributed by atoms with Crippen LogP contribution in [0.25, 0.3) is 0 Å². The molecule has 1 aromatic carbocycles. The Balaban J connectivity index is 1.98. The van der Waals surface area contributed by atoms with Gasteiger partial charge in [0.1, 0.15) is 0 Å². The van der Waals surface area contributed by atoms with Crippen molar-refractivity contribution >= 4 is 5.91 Å². The number of nitrogens with one attached hydrogen (secondary N) is 1. The number of hydrogen-bond donors (Lipinski definition) is 1. The molecule has 0 saturated carbocycles. The number of likely N-dealkylation sites (tertiary alicyclic amines) is 1. The van der Waals surface area contributed by atoms with Crippen LogP contribution in [-0.4, -0.2) is 30.6 Å². The standard InChI is InChI=1S/C12H16N2O/c1-14-9-5-8-11(14)13-12(15)10-6-3-2-4-7-10/h2-4,6-7,11H,5,8-9H2,1H3,(H,13,15). The maximum atomic E-state index is 11.8. The van der Waals surface area contributed by atoms with Crippen LogP contribution < -0.4 is 5.32 Å².